The van der Waals surface area contributed by atoms with E-state index in [1.54, 1.807) is 10.8 Å². The van der Waals surface area contributed by atoms with E-state index >= 15 is 0 Å². The minimum absolute atomic E-state index is 0.0675. The van der Waals surface area contributed by atoms with Crippen LogP contribution in [0.4, 0.5) is 0 Å². The molecule has 0 amide bonds. The first kappa shape index (κ1) is 10.8. The maximum Gasteiger partial charge on any atom is 0.155 e. The first-order valence-electron chi connectivity index (χ1n) is 5.60. The molecule has 7 nitrogen and oxygen atoms in total. The van der Waals surface area contributed by atoms with Crippen molar-refractivity contribution in [1.29, 1.82) is 0 Å². The van der Waals surface area contributed by atoms with E-state index in [4.69, 9.17) is 9.47 Å². The van der Waals surface area contributed by atoms with Gasteiger partial charge >= 0.3 is 0 Å². The van der Waals surface area contributed by atoms with Gasteiger partial charge in [-0.2, -0.15) is 0 Å². The Kier molecular flexibility index (Phi) is 2.65. The molecule has 1 aromatic heterocycles. The minimum atomic E-state index is -0.552. The Morgan fingerprint density at radius 1 is 1.41 bits per heavy atom. The molecule has 3 heterocycles. The van der Waals surface area contributed by atoms with E-state index in [0.717, 1.165) is 5.82 Å². The van der Waals surface area contributed by atoms with E-state index in [1.165, 1.54) is 0 Å². The molecule has 0 radical (unpaired) electrons. The highest BCUT2D eigenvalue weighted by Crippen LogP contribution is 2.34. The predicted molar refractivity (Wildman–Crippen MR) is 56.2 cm³/mol. The number of aromatic nitrogens is 4. The fourth-order valence-corrected chi connectivity index (χ4v) is 2.40. The molecule has 0 saturated carbocycles. The van der Waals surface area contributed by atoms with Crippen molar-refractivity contribution in [2.75, 3.05) is 13.2 Å². The number of hydrogen-bond donors (Lipinski definition) is 1. The second-order valence-corrected chi connectivity index (χ2v) is 4.26. The third kappa shape index (κ3) is 1.67. The van der Waals surface area contributed by atoms with E-state index in [9.17, 15) is 5.11 Å². The molecule has 1 N–H and O–H groups in total. The SMILES string of the molecule is C=CCc1nnnn1[C@H]1CO[C@H]2[C@@H]1OC[C@H]2O. The van der Waals surface area contributed by atoms with E-state index in [2.05, 4.69) is 22.1 Å². The molecule has 2 aliphatic heterocycles. The van der Waals surface area contributed by atoms with Gasteiger partial charge in [-0.3, -0.25) is 0 Å². The van der Waals surface area contributed by atoms with Crippen LogP contribution in [-0.2, 0) is 15.9 Å². The number of nitrogens with zero attached hydrogens (tertiary/aromatic N) is 4. The number of ether oxygens (including phenoxy) is 2. The zero-order valence-corrected chi connectivity index (χ0v) is 9.27. The number of allylic oxidation sites excluding steroid dienone is 1. The molecule has 0 aromatic carbocycles. The van der Waals surface area contributed by atoms with Gasteiger partial charge in [0.25, 0.3) is 0 Å². The van der Waals surface area contributed by atoms with Gasteiger partial charge in [0.2, 0.25) is 0 Å². The third-order valence-corrected chi connectivity index (χ3v) is 3.20. The summed E-state index contributed by atoms with van der Waals surface area (Å²) in [5.41, 5.74) is 0. The smallest absolute Gasteiger partial charge is 0.155 e. The van der Waals surface area contributed by atoms with Crippen LogP contribution in [0.25, 0.3) is 0 Å². The second kappa shape index (κ2) is 4.17. The van der Waals surface area contributed by atoms with Crippen molar-refractivity contribution < 1.29 is 14.6 Å². The molecular formula is C10H14N4O3. The van der Waals surface area contributed by atoms with Gasteiger partial charge in [-0.05, 0) is 10.4 Å². The van der Waals surface area contributed by atoms with Crippen LogP contribution in [0, 0.1) is 0 Å². The summed E-state index contributed by atoms with van der Waals surface area (Å²) in [5, 5.41) is 21.2. The topological polar surface area (TPSA) is 82.3 Å². The van der Waals surface area contributed by atoms with Crippen molar-refractivity contribution in [3.63, 3.8) is 0 Å². The highest BCUT2D eigenvalue weighted by Gasteiger charge is 2.48. The van der Waals surface area contributed by atoms with E-state index < -0.39 is 6.10 Å². The van der Waals surface area contributed by atoms with Crippen molar-refractivity contribution in [3.05, 3.63) is 18.5 Å². The van der Waals surface area contributed by atoms with Crippen LogP contribution >= 0.6 is 0 Å². The van der Waals surface area contributed by atoms with Gasteiger partial charge < -0.3 is 14.6 Å². The van der Waals surface area contributed by atoms with Gasteiger partial charge in [0.15, 0.2) is 5.82 Å². The van der Waals surface area contributed by atoms with Crippen molar-refractivity contribution in [1.82, 2.24) is 20.2 Å². The van der Waals surface area contributed by atoms with Crippen LogP contribution in [0.1, 0.15) is 11.9 Å². The second-order valence-electron chi connectivity index (χ2n) is 4.26. The fraction of sp³-hybridized carbons (Fsp3) is 0.700. The first-order chi connectivity index (χ1) is 8.31. The molecule has 0 aliphatic carbocycles. The lowest BCUT2D eigenvalue weighted by molar-refractivity contribution is 0.0168. The Morgan fingerprint density at radius 3 is 3.06 bits per heavy atom. The van der Waals surface area contributed by atoms with Gasteiger partial charge in [0.05, 0.1) is 13.2 Å². The molecule has 0 spiro atoms. The lowest BCUT2D eigenvalue weighted by Crippen LogP contribution is -2.31. The largest absolute Gasteiger partial charge is 0.388 e. The van der Waals surface area contributed by atoms with Crippen LogP contribution in [0.5, 0.6) is 0 Å². The number of fused-ring (bicyclic) bond motifs is 1. The van der Waals surface area contributed by atoms with Crippen LogP contribution in [0.3, 0.4) is 0 Å². The van der Waals surface area contributed by atoms with Crippen LogP contribution in [0.2, 0.25) is 0 Å². The third-order valence-electron chi connectivity index (χ3n) is 3.20. The minimum Gasteiger partial charge on any atom is -0.388 e. The van der Waals surface area contributed by atoms with Crippen molar-refractivity contribution in [2.45, 2.75) is 30.8 Å². The highest BCUT2D eigenvalue weighted by atomic mass is 16.6. The van der Waals surface area contributed by atoms with E-state index in [0.29, 0.717) is 19.6 Å². The maximum absolute atomic E-state index is 9.66. The molecule has 17 heavy (non-hydrogen) atoms. The molecule has 0 unspecified atom stereocenters. The summed E-state index contributed by atoms with van der Waals surface area (Å²) < 4.78 is 12.8. The number of hydrogen-bond acceptors (Lipinski definition) is 6. The summed E-state index contributed by atoms with van der Waals surface area (Å²) in [6, 6.07) is -0.0675. The van der Waals surface area contributed by atoms with Gasteiger partial charge in [-0.25, -0.2) is 4.68 Å². The lowest BCUT2D eigenvalue weighted by atomic mass is 10.1. The van der Waals surface area contributed by atoms with Crippen LogP contribution < -0.4 is 0 Å². The highest BCUT2D eigenvalue weighted by molar-refractivity contribution is 5.00. The number of aliphatic hydroxyl groups is 1. The molecule has 2 fully saturated rings. The molecule has 3 rings (SSSR count). The maximum atomic E-state index is 9.66. The molecule has 7 heteroatoms. The molecule has 1 aromatic rings. The van der Waals surface area contributed by atoms with E-state index in [-0.39, 0.29) is 18.2 Å². The summed E-state index contributed by atoms with van der Waals surface area (Å²) in [5.74, 6) is 0.735. The predicted octanol–water partition coefficient (Wildman–Crippen LogP) is -0.899. The fourth-order valence-electron chi connectivity index (χ4n) is 2.40. The van der Waals surface area contributed by atoms with Crippen LogP contribution in [-0.4, -0.2) is 56.8 Å². The van der Waals surface area contributed by atoms with E-state index in [1.807, 2.05) is 0 Å². The summed E-state index contributed by atoms with van der Waals surface area (Å²) >= 11 is 0. The monoisotopic (exact) mass is 238 g/mol. The molecular weight excluding hydrogens is 224 g/mol. The lowest BCUT2D eigenvalue weighted by Gasteiger charge is -2.16. The summed E-state index contributed by atoms with van der Waals surface area (Å²) in [7, 11) is 0. The average Bonchev–Trinajstić information content (AvgIpc) is 2.97. The Hall–Kier alpha value is -1.31. The first-order valence-corrected chi connectivity index (χ1v) is 5.60. The molecule has 2 aliphatic rings. The van der Waals surface area contributed by atoms with Crippen LogP contribution in [0.15, 0.2) is 12.7 Å². The average molecular weight is 238 g/mol. The van der Waals surface area contributed by atoms with Crippen molar-refractivity contribution in [3.8, 4) is 0 Å². The normalized spacial score (nSPS) is 36.1. The summed E-state index contributed by atoms with van der Waals surface area (Å²) in [4.78, 5) is 0. The van der Waals surface area contributed by atoms with Gasteiger partial charge in [-0.1, -0.05) is 6.08 Å². The number of tetrazole rings is 1. The quantitative estimate of drug-likeness (QED) is 0.687. The van der Waals surface area contributed by atoms with Gasteiger partial charge in [0, 0.05) is 6.42 Å². The zero-order chi connectivity index (χ0) is 11.8. The summed E-state index contributed by atoms with van der Waals surface area (Å²) in [6.45, 7) is 4.44. The number of rotatable bonds is 3. The Balaban J connectivity index is 1.85. The molecule has 0 bridgehead atoms. The molecule has 4 atom stereocenters. The molecule has 2 saturated heterocycles. The molecule has 92 valence electrons. The van der Waals surface area contributed by atoms with Gasteiger partial charge in [-0.15, -0.1) is 11.7 Å². The number of aliphatic hydroxyl groups excluding tert-OH is 1. The van der Waals surface area contributed by atoms with Crippen molar-refractivity contribution in [2.24, 2.45) is 0 Å². The Morgan fingerprint density at radius 2 is 2.24 bits per heavy atom. The Bertz CT molecular complexity index is 421. The van der Waals surface area contributed by atoms with Crippen molar-refractivity contribution >= 4 is 0 Å². The standard InChI is InChI=1S/C10H14N4O3/c1-2-3-8-11-12-13-14(8)6-4-16-10-7(15)5-17-9(6)10/h2,6-7,9-10,15H,1,3-5H2/t6-,7+,9+,10+/m0/s1. The Labute approximate surface area is 98.0 Å². The zero-order valence-electron chi connectivity index (χ0n) is 9.27. The van der Waals surface area contributed by atoms with Gasteiger partial charge in [0.1, 0.15) is 24.4 Å². The summed E-state index contributed by atoms with van der Waals surface area (Å²) in [6.07, 6.45) is 1.37.